The highest BCUT2D eigenvalue weighted by atomic mass is 31.0. The van der Waals surface area contributed by atoms with E-state index in [0.29, 0.717) is 5.56 Å². The summed E-state index contributed by atoms with van der Waals surface area (Å²) in [5, 5.41) is 0. The lowest BCUT2D eigenvalue weighted by atomic mass is 10.0. The highest BCUT2D eigenvalue weighted by Gasteiger charge is 2.24. The topological polar surface area (TPSA) is 88.1 Å². The molecule has 0 bridgehead atoms. The molecule has 7 nitrogen and oxygen atoms in total. The van der Waals surface area contributed by atoms with Crippen LogP contribution in [-0.4, -0.2) is 23.7 Å². The average Bonchev–Trinajstić information content (AvgIpc) is 2.65. The van der Waals surface area contributed by atoms with Gasteiger partial charge in [-0.05, 0) is 38.0 Å². The fourth-order valence-electron chi connectivity index (χ4n) is 2.40. The van der Waals surface area contributed by atoms with Crippen molar-refractivity contribution >= 4 is 27.6 Å². The number of hydrogen-bond donors (Lipinski definition) is 0. The summed E-state index contributed by atoms with van der Waals surface area (Å²) in [6.45, 7) is 5.17. The van der Waals surface area contributed by atoms with Gasteiger partial charge in [0.15, 0.2) is 0 Å². The minimum absolute atomic E-state index is 0.0509. The second kappa shape index (κ2) is 10.0. The van der Waals surface area contributed by atoms with Crippen molar-refractivity contribution in [3.63, 3.8) is 0 Å². The lowest BCUT2D eigenvalue weighted by Gasteiger charge is -2.19. The predicted molar refractivity (Wildman–Crippen MR) is 108 cm³/mol. The van der Waals surface area contributed by atoms with Gasteiger partial charge in [0.25, 0.3) is 0 Å². The smallest absolute Gasteiger partial charge is 0.461 e. The molecule has 154 valence electrons. The number of benzene rings is 2. The monoisotopic (exact) mass is 418 g/mol. The maximum Gasteiger partial charge on any atom is 0.514 e. The largest absolute Gasteiger partial charge is 0.514 e. The van der Waals surface area contributed by atoms with E-state index in [-0.39, 0.29) is 24.3 Å². The van der Waals surface area contributed by atoms with Crippen molar-refractivity contribution < 1.29 is 33.1 Å². The van der Waals surface area contributed by atoms with Gasteiger partial charge in [0.2, 0.25) is 0 Å². The Morgan fingerprint density at radius 2 is 1.66 bits per heavy atom. The third kappa shape index (κ3) is 7.20. The van der Waals surface area contributed by atoms with Crippen molar-refractivity contribution in [1.82, 2.24) is 0 Å². The first-order chi connectivity index (χ1) is 13.7. The van der Waals surface area contributed by atoms with Crippen molar-refractivity contribution in [2.75, 3.05) is 0 Å². The predicted octanol–water partition coefficient (Wildman–Crippen LogP) is 4.23. The molecule has 0 heterocycles. The van der Waals surface area contributed by atoms with Crippen LogP contribution in [0.15, 0.2) is 48.5 Å². The average molecular weight is 418 g/mol. The Morgan fingerprint density at radius 3 is 2.28 bits per heavy atom. The number of carbonyl (C=O) groups is 3. The van der Waals surface area contributed by atoms with Crippen molar-refractivity contribution in [2.45, 2.75) is 39.4 Å². The van der Waals surface area contributed by atoms with E-state index < -0.39 is 23.7 Å². The van der Waals surface area contributed by atoms with Crippen LogP contribution in [0.25, 0.3) is 0 Å². The quantitative estimate of drug-likeness (QED) is 0.394. The van der Waals surface area contributed by atoms with Gasteiger partial charge in [-0.25, -0.2) is 9.59 Å². The lowest BCUT2D eigenvalue weighted by Crippen LogP contribution is -2.26. The van der Waals surface area contributed by atoms with Gasteiger partial charge in [-0.2, -0.15) is 0 Å². The molecule has 1 unspecified atom stereocenters. The maximum atomic E-state index is 12.3. The zero-order chi connectivity index (χ0) is 21.4. The van der Waals surface area contributed by atoms with Crippen LogP contribution in [0.1, 0.15) is 42.3 Å². The Kier molecular flexibility index (Phi) is 7.74. The summed E-state index contributed by atoms with van der Waals surface area (Å²) in [6.07, 6.45) is -1.17. The van der Waals surface area contributed by atoms with E-state index in [1.54, 1.807) is 32.9 Å². The summed E-state index contributed by atoms with van der Waals surface area (Å²) >= 11 is 0. The molecule has 0 N–H and O–H groups in total. The van der Waals surface area contributed by atoms with Gasteiger partial charge in [-0.15, -0.1) is 0 Å². The summed E-state index contributed by atoms with van der Waals surface area (Å²) in [6, 6.07) is 13.7. The van der Waals surface area contributed by atoms with Crippen LogP contribution in [0.5, 0.6) is 5.75 Å². The van der Waals surface area contributed by atoms with E-state index in [4.69, 9.17) is 18.7 Å². The molecule has 1 atom stereocenters. The molecule has 0 fully saturated rings. The van der Waals surface area contributed by atoms with Crippen LogP contribution in [0.3, 0.4) is 0 Å². The molecule has 0 aliphatic carbocycles. The van der Waals surface area contributed by atoms with Crippen LogP contribution in [0.4, 0.5) is 4.79 Å². The Balaban J connectivity index is 2.17. The Morgan fingerprint density at radius 1 is 0.966 bits per heavy atom. The standard InChI is InChI=1S/C21H23O7P/c1-21(2,3)27-20(24)26-16-11-7-10-15(18(16)19(23)28-29)12-17(22)25-13-14-8-5-4-6-9-14/h4-11H,12-13,29H2,1-3H3. The molecular formula is C21H23O7P. The number of rotatable bonds is 6. The molecule has 8 heteroatoms. The van der Waals surface area contributed by atoms with E-state index in [9.17, 15) is 14.4 Å². The number of esters is 1. The minimum atomic E-state index is -0.973. The van der Waals surface area contributed by atoms with E-state index in [2.05, 4.69) is 0 Å². The SMILES string of the molecule is CC(C)(C)OC(=O)Oc1cccc(CC(=O)OCc2ccccc2)c1C(=O)OP. The van der Waals surface area contributed by atoms with E-state index in [1.807, 2.05) is 39.8 Å². The molecule has 0 saturated carbocycles. The fraction of sp³-hybridized carbons (Fsp3) is 0.286. The molecule has 2 rings (SSSR count). The molecule has 0 aromatic heterocycles. The minimum Gasteiger partial charge on any atom is -0.461 e. The Labute approximate surface area is 171 Å². The van der Waals surface area contributed by atoms with E-state index >= 15 is 0 Å². The first kappa shape index (κ1) is 22.4. The molecule has 0 aliphatic rings. The molecule has 0 saturated heterocycles. The van der Waals surface area contributed by atoms with Gasteiger partial charge >= 0.3 is 18.1 Å². The number of ether oxygens (including phenoxy) is 3. The molecule has 0 spiro atoms. The van der Waals surface area contributed by atoms with Crippen molar-refractivity contribution in [2.24, 2.45) is 0 Å². The highest BCUT2D eigenvalue weighted by molar-refractivity contribution is 7.10. The summed E-state index contributed by atoms with van der Waals surface area (Å²) < 4.78 is 20.2. The van der Waals surface area contributed by atoms with Gasteiger partial charge in [0, 0.05) is 0 Å². The Bertz CT molecular complexity index is 872. The first-order valence-corrected chi connectivity index (χ1v) is 9.30. The van der Waals surface area contributed by atoms with Gasteiger partial charge < -0.3 is 18.7 Å². The lowest BCUT2D eigenvalue weighted by molar-refractivity contribution is -0.144. The second-order valence-corrected chi connectivity index (χ2v) is 7.32. The highest BCUT2D eigenvalue weighted by Crippen LogP contribution is 2.26. The van der Waals surface area contributed by atoms with Crippen LogP contribution < -0.4 is 4.74 Å². The van der Waals surface area contributed by atoms with E-state index in [0.717, 1.165) is 5.56 Å². The summed E-state index contributed by atoms with van der Waals surface area (Å²) in [5.74, 6) is -1.39. The second-order valence-electron chi connectivity index (χ2n) is 7.09. The normalized spacial score (nSPS) is 10.8. The summed E-state index contributed by atoms with van der Waals surface area (Å²) in [5.41, 5.74) is 0.325. The van der Waals surface area contributed by atoms with Crippen molar-refractivity contribution in [1.29, 1.82) is 0 Å². The van der Waals surface area contributed by atoms with Crippen molar-refractivity contribution in [3.8, 4) is 5.75 Å². The zero-order valence-corrected chi connectivity index (χ0v) is 17.6. The summed E-state index contributed by atoms with van der Waals surface area (Å²) in [4.78, 5) is 36.5. The third-order valence-corrected chi connectivity index (χ3v) is 3.80. The molecule has 29 heavy (non-hydrogen) atoms. The van der Waals surface area contributed by atoms with E-state index in [1.165, 1.54) is 6.07 Å². The summed E-state index contributed by atoms with van der Waals surface area (Å²) in [7, 11) is 1.83. The third-order valence-electron chi connectivity index (χ3n) is 3.58. The first-order valence-electron chi connectivity index (χ1n) is 8.83. The van der Waals surface area contributed by atoms with Crippen molar-refractivity contribution in [3.05, 3.63) is 65.2 Å². The number of hydrogen-bond acceptors (Lipinski definition) is 7. The van der Waals surface area contributed by atoms with Gasteiger partial charge in [0.05, 0.1) is 15.9 Å². The van der Waals surface area contributed by atoms with Crippen LogP contribution in [0, 0.1) is 0 Å². The molecular weight excluding hydrogens is 395 g/mol. The van der Waals surface area contributed by atoms with Gasteiger partial charge in [-0.1, -0.05) is 42.5 Å². The molecule has 2 aromatic rings. The maximum absolute atomic E-state index is 12.3. The van der Waals surface area contributed by atoms with Crippen LogP contribution >= 0.6 is 9.47 Å². The van der Waals surface area contributed by atoms with Gasteiger partial charge in [0.1, 0.15) is 23.5 Å². The molecule has 0 amide bonds. The molecule has 2 aromatic carbocycles. The Hall–Kier alpha value is -2.92. The molecule has 0 radical (unpaired) electrons. The zero-order valence-electron chi connectivity index (χ0n) is 16.5. The number of carbonyl (C=O) groups excluding carboxylic acids is 3. The molecule has 0 aliphatic heterocycles. The fourth-order valence-corrected chi connectivity index (χ4v) is 2.52. The van der Waals surface area contributed by atoms with Crippen LogP contribution in [-0.2, 0) is 31.8 Å². The van der Waals surface area contributed by atoms with Gasteiger partial charge in [-0.3, -0.25) is 4.79 Å². The van der Waals surface area contributed by atoms with Crippen LogP contribution in [0.2, 0.25) is 0 Å².